The minimum Gasteiger partial charge on any atom is -0.305 e. The summed E-state index contributed by atoms with van der Waals surface area (Å²) < 4.78 is 26.7. The number of carbonyl (C=O) groups is 1. The molecule has 0 aromatic heterocycles. The van der Waals surface area contributed by atoms with Crippen molar-refractivity contribution < 1.29 is 13.6 Å². The van der Waals surface area contributed by atoms with Crippen LogP contribution in [0.2, 0.25) is 0 Å². The Balaban J connectivity index is 1.50. The van der Waals surface area contributed by atoms with Crippen LogP contribution in [0.4, 0.5) is 14.5 Å². The van der Waals surface area contributed by atoms with Gasteiger partial charge in [0.05, 0.1) is 0 Å². The first kappa shape index (κ1) is 21.2. The van der Waals surface area contributed by atoms with Crippen molar-refractivity contribution in [2.45, 2.75) is 32.4 Å². The molecular weight excluding hydrogens is 394 g/mol. The third kappa shape index (κ3) is 5.17. The van der Waals surface area contributed by atoms with E-state index in [-0.39, 0.29) is 23.6 Å². The van der Waals surface area contributed by atoms with Crippen molar-refractivity contribution in [3.05, 3.63) is 101 Å². The van der Waals surface area contributed by atoms with E-state index in [1.54, 1.807) is 12.1 Å². The average molecular weight is 421 g/mol. The van der Waals surface area contributed by atoms with Gasteiger partial charge in [0.25, 0.3) is 5.91 Å². The Morgan fingerprint density at radius 2 is 1.42 bits per heavy atom. The Morgan fingerprint density at radius 1 is 0.871 bits per heavy atom. The Morgan fingerprint density at radius 3 is 2.00 bits per heavy atom. The van der Waals surface area contributed by atoms with Crippen LogP contribution in [-0.2, 0) is 6.54 Å². The number of nitrogens with zero attached hydrogens (tertiary/aromatic N) is 2. The van der Waals surface area contributed by atoms with Crippen molar-refractivity contribution in [2.24, 2.45) is 0 Å². The lowest BCUT2D eigenvalue weighted by Gasteiger charge is -2.38. The first-order chi connectivity index (χ1) is 15.0. The number of hydrogen-bond donors (Lipinski definition) is 0. The molecule has 0 unspecified atom stereocenters. The molecule has 1 amide bonds. The molecule has 31 heavy (non-hydrogen) atoms. The molecule has 3 aromatic carbocycles. The minimum absolute atomic E-state index is 0.0312. The van der Waals surface area contributed by atoms with Gasteiger partial charge < -0.3 is 4.90 Å². The van der Waals surface area contributed by atoms with Crippen LogP contribution < -0.4 is 4.90 Å². The lowest BCUT2D eigenvalue weighted by Crippen LogP contribution is -2.47. The average Bonchev–Trinajstić information content (AvgIpc) is 2.78. The van der Waals surface area contributed by atoms with E-state index in [0.29, 0.717) is 11.3 Å². The van der Waals surface area contributed by atoms with E-state index < -0.39 is 0 Å². The standard InChI is InChI=1S/C26H26F2N2O/c1-19-2-6-21(7-3-19)26(31)30(24-12-10-23(28)11-13-24)25-14-16-29(17-15-25)18-20-4-8-22(27)9-5-20/h2-13,25H,14-18H2,1H3. The maximum Gasteiger partial charge on any atom is 0.258 e. The molecule has 1 saturated heterocycles. The second kappa shape index (κ2) is 9.40. The van der Waals surface area contributed by atoms with Gasteiger partial charge in [0.15, 0.2) is 0 Å². The van der Waals surface area contributed by atoms with E-state index in [2.05, 4.69) is 4.90 Å². The number of rotatable bonds is 5. The first-order valence-electron chi connectivity index (χ1n) is 10.6. The fourth-order valence-corrected chi connectivity index (χ4v) is 4.11. The number of hydrogen-bond acceptors (Lipinski definition) is 2. The SMILES string of the molecule is Cc1ccc(C(=O)N(c2ccc(F)cc2)C2CCN(Cc3ccc(F)cc3)CC2)cc1. The zero-order valence-corrected chi connectivity index (χ0v) is 17.6. The summed E-state index contributed by atoms with van der Waals surface area (Å²) in [4.78, 5) is 17.6. The van der Waals surface area contributed by atoms with Gasteiger partial charge in [0.1, 0.15) is 11.6 Å². The quantitative estimate of drug-likeness (QED) is 0.538. The van der Waals surface area contributed by atoms with Crippen LogP contribution in [0, 0.1) is 18.6 Å². The summed E-state index contributed by atoms with van der Waals surface area (Å²) in [5, 5.41) is 0. The monoisotopic (exact) mass is 420 g/mol. The Labute approximate surface area is 181 Å². The smallest absolute Gasteiger partial charge is 0.258 e. The molecule has 0 aliphatic carbocycles. The number of carbonyl (C=O) groups excluding carboxylic acids is 1. The lowest BCUT2D eigenvalue weighted by molar-refractivity contribution is 0.0958. The number of anilines is 1. The fraction of sp³-hybridized carbons (Fsp3) is 0.269. The van der Waals surface area contributed by atoms with Gasteiger partial charge in [0, 0.05) is 36.9 Å². The first-order valence-corrected chi connectivity index (χ1v) is 10.6. The van der Waals surface area contributed by atoms with E-state index in [1.165, 1.54) is 24.3 Å². The molecule has 0 atom stereocenters. The van der Waals surface area contributed by atoms with E-state index in [4.69, 9.17) is 0 Å². The predicted octanol–water partition coefficient (Wildman–Crippen LogP) is 5.58. The normalized spacial score (nSPS) is 15.1. The summed E-state index contributed by atoms with van der Waals surface area (Å²) in [5.74, 6) is -0.615. The number of aryl methyl sites for hydroxylation is 1. The van der Waals surface area contributed by atoms with Crippen molar-refractivity contribution in [2.75, 3.05) is 18.0 Å². The zero-order valence-electron chi connectivity index (χ0n) is 17.6. The van der Waals surface area contributed by atoms with Crippen molar-refractivity contribution in [3.63, 3.8) is 0 Å². The minimum atomic E-state index is -0.319. The maximum absolute atomic E-state index is 13.5. The van der Waals surface area contributed by atoms with Gasteiger partial charge in [-0.1, -0.05) is 29.8 Å². The number of piperidine rings is 1. The predicted molar refractivity (Wildman–Crippen MR) is 119 cm³/mol. The molecule has 3 nitrogen and oxygen atoms in total. The van der Waals surface area contributed by atoms with E-state index in [1.807, 2.05) is 48.2 Å². The number of amides is 1. The third-order valence-corrected chi connectivity index (χ3v) is 5.86. The lowest BCUT2D eigenvalue weighted by atomic mass is 10.00. The van der Waals surface area contributed by atoms with Crippen LogP contribution in [-0.4, -0.2) is 29.9 Å². The van der Waals surface area contributed by atoms with Crippen LogP contribution in [0.1, 0.15) is 34.3 Å². The highest BCUT2D eigenvalue weighted by molar-refractivity contribution is 6.06. The summed E-state index contributed by atoms with van der Waals surface area (Å²) in [5.41, 5.74) is 3.51. The molecule has 1 fully saturated rings. The summed E-state index contributed by atoms with van der Waals surface area (Å²) in [7, 11) is 0. The van der Waals surface area contributed by atoms with Crippen molar-refractivity contribution in [1.82, 2.24) is 4.90 Å². The van der Waals surface area contributed by atoms with Crippen LogP contribution in [0.5, 0.6) is 0 Å². The van der Waals surface area contributed by atoms with Gasteiger partial charge in [-0.05, 0) is 73.9 Å². The molecule has 160 valence electrons. The molecule has 0 radical (unpaired) electrons. The van der Waals surface area contributed by atoms with Gasteiger partial charge in [0.2, 0.25) is 0 Å². The van der Waals surface area contributed by atoms with Crippen LogP contribution in [0.25, 0.3) is 0 Å². The fourth-order valence-electron chi connectivity index (χ4n) is 4.11. The van der Waals surface area contributed by atoms with E-state index in [9.17, 15) is 13.6 Å². The maximum atomic E-state index is 13.5. The largest absolute Gasteiger partial charge is 0.305 e. The molecule has 0 saturated carbocycles. The second-order valence-electron chi connectivity index (χ2n) is 8.15. The van der Waals surface area contributed by atoms with Crippen molar-refractivity contribution in [1.29, 1.82) is 0 Å². The topological polar surface area (TPSA) is 23.6 Å². The molecule has 0 spiro atoms. The van der Waals surface area contributed by atoms with Crippen LogP contribution in [0.15, 0.2) is 72.8 Å². The highest BCUT2D eigenvalue weighted by atomic mass is 19.1. The van der Waals surface area contributed by atoms with E-state index >= 15 is 0 Å². The molecule has 0 bridgehead atoms. The molecule has 4 rings (SSSR count). The Kier molecular flexibility index (Phi) is 6.42. The summed E-state index contributed by atoms with van der Waals surface area (Å²) in [6.07, 6.45) is 1.63. The second-order valence-corrected chi connectivity index (χ2v) is 8.15. The van der Waals surface area contributed by atoms with E-state index in [0.717, 1.165) is 43.6 Å². The van der Waals surface area contributed by atoms with Crippen molar-refractivity contribution >= 4 is 11.6 Å². The highest BCUT2D eigenvalue weighted by Gasteiger charge is 2.30. The van der Waals surface area contributed by atoms with Gasteiger partial charge >= 0.3 is 0 Å². The molecule has 3 aromatic rings. The molecule has 0 N–H and O–H groups in total. The summed E-state index contributed by atoms with van der Waals surface area (Å²) in [6.45, 7) is 4.42. The molecule has 1 aliphatic rings. The van der Waals surface area contributed by atoms with Crippen LogP contribution in [0.3, 0.4) is 0 Å². The van der Waals surface area contributed by atoms with Gasteiger partial charge in [-0.2, -0.15) is 0 Å². The van der Waals surface area contributed by atoms with Gasteiger partial charge in [-0.15, -0.1) is 0 Å². The van der Waals surface area contributed by atoms with Gasteiger partial charge in [-0.3, -0.25) is 9.69 Å². The number of likely N-dealkylation sites (tertiary alicyclic amines) is 1. The number of benzene rings is 3. The summed E-state index contributed by atoms with van der Waals surface area (Å²) >= 11 is 0. The van der Waals surface area contributed by atoms with Crippen LogP contribution >= 0.6 is 0 Å². The van der Waals surface area contributed by atoms with Gasteiger partial charge in [-0.25, -0.2) is 8.78 Å². The summed E-state index contributed by atoms with van der Waals surface area (Å²) in [6, 6.07) is 20.3. The number of halogens is 2. The highest BCUT2D eigenvalue weighted by Crippen LogP contribution is 2.27. The molecule has 1 heterocycles. The molecule has 5 heteroatoms. The molecular formula is C26H26F2N2O. The Hall–Kier alpha value is -3.05. The van der Waals surface area contributed by atoms with Crippen molar-refractivity contribution in [3.8, 4) is 0 Å². The molecule has 1 aliphatic heterocycles. The zero-order chi connectivity index (χ0) is 21.8. The third-order valence-electron chi connectivity index (χ3n) is 5.86. The Bertz CT molecular complexity index is 1010.